The van der Waals surface area contributed by atoms with Crippen LogP contribution in [0.3, 0.4) is 0 Å². The molecule has 1 aliphatic heterocycles. The van der Waals surface area contributed by atoms with Gasteiger partial charge >= 0.3 is 0 Å². The summed E-state index contributed by atoms with van der Waals surface area (Å²) in [6.45, 7) is 2.83. The molecule has 4 heteroatoms. The fourth-order valence-electron chi connectivity index (χ4n) is 1.59. The van der Waals surface area contributed by atoms with Crippen molar-refractivity contribution in [3.05, 3.63) is 0 Å². The zero-order valence-electron chi connectivity index (χ0n) is 8.79. The lowest BCUT2D eigenvalue weighted by Gasteiger charge is -2.13. The molecule has 1 rings (SSSR count). The Labute approximate surface area is 90.2 Å². The number of hydrogen-bond acceptors (Lipinski definition) is 3. The Morgan fingerprint density at radius 3 is 3.07 bits per heavy atom. The van der Waals surface area contributed by atoms with Crippen molar-refractivity contribution in [1.29, 1.82) is 0 Å². The average molecular weight is 216 g/mol. The molecule has 1 amide bonds. The maximum absolute atomic E-state index is 11.4. The van der Waals surface area contributed by atoms with E-state index in [1.165, 1.54) is 18.6 Å². The van der Waals surface area contributed by atoms with Crippen molar-refractivity contribution in [3.63, 3.8) is 0 Å². The van der Waals surface area contributed by atoms with E-state index in [4.69, 9.17) is 5.73 Å². The van der Waals surface area contributed by atoms with Crippen LogP contribution in [0.4, 0.5) is 0 Å². The van der Waals surface area contributed by atoms with Crippen molar-refractivity contribution in [2.24, 2.45) is 5.73 Å². The molecular weight excluding hydrogens is 196 g/mol. The van der Waals surface area contributed by atoms with E-state index in [0.717, 1.165) is 19.4 Å². The molecule has 0 bridgehead atoms. The molecule has 82 valence electrons. The zero-order valence-corrected chi connectivity index (χ0v) is 9.61. The molecule has 0 aromatic heterocycles. The van der Waals surface area contributed by atoms with Gasteiger partial charge in [-0.25, -0.2) is 0 Å². The van der Waals surface area contributed by atoms with Crippen LogP contribution in [0.2, 0.25) is 0 Å². The normalized spacial score (nSPS) is 23.4. The molecule has 3 nitrogen and oxygen atoms in total. The summed E-state index contributed by atoms with van der Waals surface area (Å²) in [5.74, 6) is 1.25. The number of hydrogen-bond donors (Lipinski definition) is 2. The van der Waals surface area contributed by atoms with Gasteiger partial charge in [0.05, 0.1) is 6.04 Å². The summed E-state index contributed by atoms with van der Waals surface area (Å²) in [5, 5.41) is 3.54. The molecule has 0 aliphatic carbocycles. The minimum absolute atomic E-state index is 0.0133. The van der Waals surface area contributed by atoms with Crippen LogP contribution < -0.4 is 11.1 Å². The highest BCUT2D eigenvalue weighted by molar-refractivity contribution is 8.00. The highest BCUT2D eigenvalue weighted by atomic mass is 32.2. The van der Waals surface area contributed by atoms with E-state index in [-0.39, 0.29) is 11.9 Å². The van der Waals surface area contributed by atoms with Crippen molar-refractivity contribution >= 4 is 17.7 Å². The fourth-order valence-corrected chi connectivity index (χ4v) is 2.79. The molecule has 2 atom stereocenters. The largest absolute Gasteiger partial charge is 0.354 e. The van der Waals surface area contributed by atoms with E-state index in [1.807, 2.05) is 18.7 Å². The summed E-state index contributed by atoms with van der Waals surface area (Å²) in [6, 6.07) is -0.314. The molecule has 1 heterocycles. The van der Waals surface area contributed by atoms with E-state index >= 15 is 0 Å². The van der Waals surface area contributed by atoms with Crippen LogP contribution in [0.1, 0.15) is 32.6 Å². The molecular formula is C10H20N2OS. The lowest BCUT2D eigenvalue weighted by atomic mass is 10.1. The highest BCUT2D eigenvalue weighted by Gasteiger charge is 2.18. The number of carbonyl (C=O) groups excluding carboxylic acids is 1. The molecule has 0 saturated carbocycles. The molecule has 14 heavy (non-hydrogen) atoms. The predicted octanol–water partition coefficient (Wildman–Crippen LogP) is 1.13. The topological polar surface area (TPSA) is 55.1 Å². The SMILES string of the molecule is CCC[C@@H](N)C(=O)NCC1CCCS1. The Morgan fingerprint density at radius 1 is 1.71 bits per heavy atom. The van der Waals surface area contributed by atoms with Crippen molar-refractivity contribution in [2.45, 2.75) is 43.9 Å². The van der Waals surface area contributed by atoms with Gasteiger partial charge in [-0.05, 0) is 25.0 Å². The van der Waals surface area contributed by atoms with Crippen LogP contribution in [-0.2, 0) is 4.79 Å². The van der Waals surface area contributed by atoms with Crippen LogP contribution in [0, 0.1) is 0 Å². The van der Waals surface area contributed by atoms with Gasteiger partial charge in [-0.15, -0.1) is 0 Å². The quantitative estimate of drug-likeness (QED) is 0.724. The van der Waals surface area contributed by atoms with Crippen molar-refractivity contribution in [2.75, 3.05) is 12.3 Å². The first-order chi connectivity index (χ1) is 6.74. The van der Waals surface area contributed by atoms with Crippen molar-refractivity contribution in [3.8, 4) is 0 Å². The number of carbonyl (C=O) groups is 1. The third-order valence-corrected chi connectivity index (χ3v) is 3.86. The van der Waals surface area contributed by atoms with E-state index in [2.05, 4.69) is 5.32 Å². The third kappa shape index (κ3) is 3.88. The third-order valence-electron chi connectivity index (χ3n) is 2.46. The second kappa shape index (κ2) is 6.30. The van der Waals surface area contributed by atoms with Crippen molar-refractivity contribution < 1.29 is 4.79 Å². The van der Waals surface area contributed by atoms with Crippen LogP contribution in [0.15, 0.2) is 0 Å². The van der Waals surface area contributed by atoms with E-state index in [0.29, 0.717) is 5.25 Å². The summed E-state index contributed by atoms with van der Waals surface area (Å²) in [5.41, 5.74) is 5.69. The number of thioether (sulfide) groups is 1. The van der Waals surface area contributed by atoms with Gasteiger partial charge in [0.2, 0.25) is 5.91 Å². The molecule has 1 aliphatic rings. The molecule has 3 N–H and O–H groups in total. The Bertz CT molecular complexity index is 181. The van der Waals surface area contributed by atoms with Crippen LogP contribution in [0.5, 0.6) is 0 Å². The standard InChI is InChI=1S/C10H20N2OS/c1-2-4-9(11)10(13)12-7-8-5-3-6-14-8/h8-9H,2-7,11H2,1H3,(H,12,13)/t8?,9-/m1/s1. The number of rotatable bonds is 5. The van der Waals surface area contributed by atoms with Gasteiger partial charge in [0, 0.05) is 11.8 Å². The molecule has 1 saturated heterocycles. The van der Waals surface area contributed by atoms with Crippen LogP contribution in [0.25, 0.3) is 0 Å². The summed E-state index contributed by atoms with van der Waals surface area (Å²) < 4.78 is 0. The number of nitrogens with two attached hydrogens (primary N) is 1. The average Bonchev–Trinajstić information content (AvgIpc) is 2.67. The van der Waals surface area contributed by atoms with Crippen LogP contribution in [-0.4, -0.2) is 29.5 Å². The van der Waals surface area contributed by atoms with Gasteiger partial charge in [0.25, 0.3) is 0 Å². The fraction of sp³-hybridized carbons (Fsp3) is 0.900. The minimum atomic E-state index is -0.314. The smallest absolute Gasteiger partial charge is 0.236 e. The van der Waals surface area contributed by atoms with Gasteiger partial charge in [0.15, 0.2) is 0 Å². The van der Waals surface area contributed by atoms with E-state index < -0.39 is 0 Å². The molecule has 0 radical (unpaired) electrons. The monoisotopic (exact) mass is 216 g/mol. The van der Waals surface area contributed by atoms with Crippen LogP contribution >= 0.6 is 11.8 Å². The Kier molecular flexibility index (Phi) is 5.33. The maximum atomic E-state index is 11.4. The van der Waals surface area contributed by atoms with Gasteiger partial charge < -0.3 is 11.1 Å². The Balaban J connectivity index is 2.13. The van der Waals surface area contributed by atoms with Gasteiger partial charge in [-0.2, -0.15) is 11.8 Å². The lowest BCUT2D eigenvalue weighted by Crippen LogP contribution is -2.42. The molecule has 0 spiro atoms. The first-order valence-electron chi connectivity index (χ1n) is 5.39. The first kappa shape index (κ1) is 11.9. The first-order valence-corrected chi connectivity index (χ1v) is 6.43. The second-order valence-corrected chi connectivity index (χ2v) is 5.18. The summed E-state index contributed by atoms with van der Waals surface area (Å²) in [6.07, 6.45) is 4.26. The second-order valence-electron chi connectivity index (χ2n) is 3.78. The Hall–Kier alpha value is -0.220. The molecule has 0 aromatic carbocycles. The Morgan fingerprint density at radius 2 is 2.50 bits per heavy atom. The number of nitrogens with one attached hydrogen (secondary N) is 1. The van der Waals surface area contributed by atoms with E-state index in [9.17, 15) is 4.79 Å². The summed E-state index contributed by atoms with van der Waals surface area (Å²) in [4.78, 5) is 11.4. The predicted molar refractivity (Wildman–Crippen MR) is 61.4 cm³/mol. The molecule has 1 fully saturated rings. The maximum Gasteiger partial charge on any atom is 0.236 e. The van der Waals surface area contributed by atoms with E-state index in [1.54, 1.807) is 0 Å². The minimum Gasteiger partial charge on any atom is -0.354 e. The zero-order chi connectivity index (χ0) is 10.4. The van der Waals surface area contributed by atoms with Gasteiger partial charge in [-0.3, -0.25) is 4.79 Å². The number of amides is 1. The molecule has 0 aromatic rings. The highest BCUT2D eigenvalue weighted by Crippen LogP contribution is 2.25. The van der Waals surface area contributed by atoms with Crippen molar-refractivity contribution in [1.82, 2.24) is 5.32 Å². The summed E-state index contributed by atoms with van der Waals surface area (Å²) >= 11 is 1.95. The summed E-state index contributed by atoms with van der Waals surface area (Å²) in [7, 11) is 0. The molecule has 1 unspecified atom stereocenters. The van der Waals surface area contributed by atoms with Gasteiger partial charge in [0.1, 0.15) is 0 Å². The van der Waals surface area contributed by atoms with Gasteiger partial charge in [-0.1, -0.05) is 13.3 Å². The lowest BCUT2D eigenvalue weighted by molar-refractivity contribution is -0.122.